The standard InChI is InChI=1S/C31H43N3O8/c1-22(35)12-14-24-15-17-28(29(19-24)41-4)42-30(37)33-25(16-13-23(2)36)9-8-18-32-20-27(40-3)21-34(31(38)39)26-10-6-5-7-11-26/h5-7,10-11,15,17,19,25,27,32H,8-9,12-14,16,18,20-21H2,1-4H3,(H,33,37)(H,38,39). The molecule has 0 bridgehead atoms. The van der Waals surface area contributed by atoms with Crippen molar-refractivity contribution in [3.63, 3.8) is 0 Å². The first kappa shape index (κ1) is 34.2. The second kappa shape index (κ2) is 18.5. The average Bonchev–Trinajstić information content (AvgIpc) is 2.96. The second-order valence-electron chi connectivity index (χ2n) is 10.1. The van der Waals surface area contributed by atoms with E-state index in [0.717, 1.165) is 5.56 Å². The Kier molecular flexibility index (Phi) is 15.1. The van der Waals surface area contributed by atoms with Crippen LogP contribution in [0.15, 0.2) is 48.5 Å². The molecule has 0 saturated heterocycles. The largest absolute Gasteiger partial charge is 0.493 e. The van der Waals surface area contributed by atoms with Gasteiger partial charge in [0.2, 0.25) is 0 Å². The SMILES string of the molecule is COc1cc(CCC(C)=O)ccc1OC(=O)NC(CCCNCC(CN(C(=O)O)c1ccccc1)OC)CCC(C)=O. The van der Waals surface area contributed by atoms with Crippen molar-refractivity contribution in [1.82, 2.24) is 10.6 Å². The number of amides is 2. The van der Waals surface area contributed by atoms with Gasteiger partial charge in [-0.1, -0.05) is 24.3 Å². The number of anilines is 1. The molecule has 0 heterocycles. The van der Waals surface area contributed by atoms with Gasteiger partial charge in [0.15, 0.2) is 11.5 Å². The fraction of sp³-hybridized carbons (Fsp3) is 0.484. The number of carbonyl (C=O) groups excluding carboxylic acids is 3. The Morgan fingerprint density at radius 1 is 0.929 bits per heavy atom. The van der Waals surface area contributed by atoms with Crippen LogP contribution in [0.2, 0.25) is 0 Å². The molecule has 0 aliphatic heterocycles. The lowest BCUT2D eigenvalue weighted by atomic mass is 10.0. The first-order valence-electron chi connectivity index (χ1n) is 14.1. The first-order chi connectivity index (χ1) is 20.1. The molecule has 2 aromatic carbocycles. The van der Waals surface area contributed by atoms with Crippen molar-refractivity contribution in [3.05, 3.63) is 54.1 Å². The number of nitrogens with one attached hydrogen (secondary N) is 2. The van der Waals surface area contributed by atoms with Crippen molar-refractivity contribution < 1.29 is 38.5 Å². The van der Waals surface area contributed by atoms with Crippen LogP contribution in [0, 0.1) is 0 Å². The maximum Gasteiger partial charge on any atom is 0.412 e. The van der Waals surface area contributed by atoms with Gasteiger partial charge < -0.3 is 39.5 Å². The van der Waals surface area contributed by atoms with E-state index in [0.29, 0.717) is 63.1 Å². The maximum atomic E-state index is 12.7. The summed E-state index contributed by atoms with van der Waals surface area (Å²) >= 11 is 0. The van der Waals surface area contributed by atoms with Gasteiger partial charge in [0.25, 0.3) is 0 Å². The molecule has 2 aromatic rings. The number of hydrogen-bond acceptors (Lipinski definition) is 8. The molecule has 11 nitrogen and oxygen atoms in total. The molecule has 230 valence electrons. The van der Waals surface area contributed by atoms with Crippen LogP contribution in [0.3, 0.4) is 0 Å². The van der Waals surface area contributed by atoms with E-state index in [1.54, 1.807) is 49.6 Å². The number of nitrogens with zero attached hydrogens (tertiary/aromatic N) is 1. The van der Waals surface area contributed by atoms with E-state index in [2.05, 4.69) is 10.6 Å². The molecule has 3 N–H and O–H groups in total. The summed E-state index contributed by atoms with van der Waals surface area (Å²) in [4.78, 5) is 48.6. The van der Waals surface area contributed by atoms with Gasteiger partial charge in [-0.05, 0) is 75.9 Å². The van der Waals surface area contributed by atoms with Crippen molar-refractivity contribution in [1.29, 1.82) is 0 Å². The van der Waals surface area contributed by atoms with Crippen LogP contribution in [0.1, 0.15) is 51.5 Å². The third kappa shape index (κ3) is 12.7. The van der Waals surface area contributed by atoms with Gasteiger partial charge in [-0.3, -0.25) is 4.90 Å². The fourth-order valence-electron chi connectivity index (χ4n) is 4.30. The molecule has 0 aliphatic rings. The van der Waals surface area contributed by atoms with Gasteiger partial charge in [0.05, 0.1) is 19.8 Å². The summed E-state index contributed by atoms with van der Waals surface area (Å²) in [6.07, 6.45) is 0.976. The highest BCUT2D eigenvalue weighted by atomic mass is 16.6. The van der Waals surface area contributed by atoms with Crippen LogP contribution < -0.4 is 25.0 Å². The Bertz CT molecular complexity index is 1160. The molecule has 0 saturated carbocycles. The van der Waals surface area contributed by atoms with Gasteiger partial charge in [-0.15, -0.1) is 0 Å². The zero-order valence-corrected chi connectivity index (χ0v) is 24.9. The van der Waals surface area contributed by atoms with Crippen molar-refractivity contribution in [2.45, 2.75) is 64.5 Å². The first-order valence-corrected chi connectivity index (χ1v) is 14.1. The molecule has 11 heteroatoms. The molecular formula is C31H43N3O8. The summed E-state index contributed by atoms with van der Waals surface area (Å²) in [6, 6.07) is 13.7. The number of carbonyl (C=O) groups is 4. The highest BCUT2D eigenvalue weighted by Gasteiger charge is 2.20. The molecule has 0 radical (unpaired) electrons. The zero-order chi connectivity index (χ0) is 30.9. The summed E-state index contributed by atoms with van der Waals surface area (Å²) in [6.45, 7) is 4.24. The van der Waals surface area contributed by atoms with Gasteiger partial charge in [0, 0.05) is 38.2 Å². The van der Waals surface area contributed by atoms with Gasteiger partial charge in [-0.2, -0.15) is 0 Å². The van der Waals surface area contributed by atoms with Crippen LogP contribution in [0.25, 0.3) is 0 Å². The predicted molar refractivity (Wildman–Crippen MR) is 160 cm³/mol. The fourth-order valence-corrected chi connectivity index (χ4v) is 4.30. The third-order valence-electron chi connectivity index (χ3n) is 6.66. The molecule has 2 atom stereocenters. The predicted octanol–water partition coefficient (Wildman–Crippen LogP) is 4.61. The van der Waals surface area contributed by atoms with Crippen molar-refractivity contribution >= 4 is 29.4 Å². The zero-order valence-electron chi connectivity index (χ0n) is 24.9. The molecule has 42 heavy (non-hydrogen) atoms. The molecule has 2 unspecified atom stereocenters. The highest BCUT2D eigenvalue weighted by molar-refractivity contribution is 5.86. The number of carboxylic acid groups (broad SMARTS) is 1. The second-order valence-corrected chi connectivity index (χ2v) is 10.1. The Morgan fingerprint density at radius 3 is 2.26 bits per heavy atom. The van der Waals surface area contributed by atoms with Gasteiger partial charge >= 0.3 is 12.2 Å². The monoisotopic (exact) mass is 585 g/mol. The lowest BCUT2D eigenvalue weighted by molar-refractivity contribution is -0.117. The van der Waals surface area contributed by atoms with Crippen LogP contribution in [0.4, 0.5) is 15.3 Å². The minimum Gasteiger partial charge on any atom is -0.493 e. The number of benzene rings is 2. The van der Waals surface area contributed by atoms with Crippen LogP contribution in [-0.4, -0.2) is 74.9 Å². The number of ketones is 2. The number of ether oxygens (including phenoxy) is 3. The topological polar surface area (TPSA) is 144 Å². The molecule has 0 aliphatic carbocycles. The number of Topliss-reactive ketones (excluding diaryl/α,β-unsaturated/α-hetero) is 2. The van der Waals surface area contributed by atoms with Crippen LogP contribution in [0.5, 0.6) is 11.5 Å². The van der Waals surface area contributed by atoms with Gasteiger partial charge in [-0.25, -0.2) is 9.59 Å². The van der Waals surface area contributed by atoms with Crippen molar-refractivity contribution in [2.75, 3.05) is 38.8 Å². The minimum atomic E-state index is -1.06. The Morgan fingerprint density at radius 2 is 1.64 bits per heavy atom. The van der Waals surface area contributed by atoms with E-state index in [1.807, 2.05) is 6.07 Å². The van der Waals surface area contributed by atoms with E-state index in [1.165, 1.54) is 25.9 Å². The molecule has 2 rings (SSSR count). The summed E-state index contributed by atoms with van der Waals surface area (Å²) < 4.78 is 16.4. The van der Waals surface area contributed by atoms with E-state index in [4.69, 9.17) is 14.2 Å². The Balaban J connectivity index is 1.87. The maximum absolute atomic E-state index is 12.7. The number of aryl methyl sites for hydroxylation is 1. The quantitative estimate of drug-likeness (QED) is 0.201. The van der Waals surface area contributed by atoms with Crippen LogP contribution >= 0.6 is 0 Å². The molecule has 2 amide bonds. The lowest BCUT2D eigenvalue weighted by Gasteiger charge is -2.25. The average molecular weight is 586 g/mol. The van der Waals surface area contributed by atoms with Crippen LogP contribution in [-0.2, 0) is 20.7 Å². The van der Waals surface area contributed by atoms with Crippen molar-refractivity contribution in [2.24, 2.45) is 0 Å². The number of hydrogen-bond donors (Lipinski definition) is 3. The highest BCUT2D eigenvalue weighted by Crippen LogP contribution is 2.29. The number of rotatable bonds is 19. The molecular weight excluding hydrogens is 542 g/mol. The van der Waals surface area contributed by atoms with Crippen molar-refractivity contribution in [3.8, 4) is 11.5 Å². The molecule has 0 fully saturated rings. The number of methoxy groups -OCH3 is 2. The lowest BCUT2D eigenvalue weighted by Crippen LogP contribution is -2.42. The Labute approximate surface area is 247 Å². The van der Waals surface area contributed by atoms with E-state index >= 15 is 0 Å². The van der Waals surface area contributed by atoms with E-state index in [-0.39, 0.29) is 36.0 Å². The summed E-state index contributed by atoms with van der Waals surface area (Å²) in [5.41, 5.74) is 1.47. The van der Waals surface area contributed by atoms with E-state index in [9.17, 15) is 24.3 Å². The minimum absolute atomic E-state index is 0.0282. The summed E-state index contributed by atoms with van der Waals surface area (Å²) in [7, 11) is 3.02. The smallest absolute Gasteiger partial charge is 0.412 e. The van der Waals surface area contributed by atoms with E-state index < -0.39 is 12.2 Å². The third-order valence-corrected chi connectivity index (χ3v) is 6.66. The summed E-state index contributed by atoms with van der Waals surface area (Å²) in [5, 5.41) is 15.8. The summed E-state index contributed by atoms with van der Waals surface area (Å²) in [5.74, 6) is 0.759. The number of para-hydroxylation sites is 1. The van der Waals surface area contributed by atoms with Gasteiger partial charge in [0.1, 0.15) is 11.6 Å². The Hall–Kier alpha value is -3.96. The normalized spacial score (nSPS) is 12.2. The molecule has 0 aromatic heterocycles. The molecule has 0 spiro atoms.